The molecular weight excluding hydrogens is 302 g/mol. The minimum atomic E-state index is 0.0417. The van der Waals surface area contributed by atoms with Crippen LogP contribution in [0.3, 0.4) is 0 Å². The summed E-state index contributed by atoms with van der Waals surface area (Å²) in [5.41, 5.74) is 2.99. The summed E-state index contributed by atoms with van der Waals surface area (Å²) in [5, 5.41) is 14.1. The van der Waals surface area contributed by atoms with Crippen molar-refractivity contribution in [2.75, 3.05) is 19.6 Å². The molecule has 1 amide bonds. The van der Waals surface area contributed by atoms with E-state index < -0.39 is 0 Å². The van der Waals surface area contributed by atoms with Crippen LogP contribution in [0.25, 0.3) is 10.9 Å². The number of carbonyl (C=O) groups excluding carboxylic acids is 1. The van der Waals surface area contributed by atoms with Crippen LogP contribution in [0.4, 0.5) is 0 Å². The number of phenolic OH excluding ortho intramolecular Hbond substituents is 1. The number of aryl methyl sites for hydroxylation is 1. The summed E-state index contributed by atoms with van der Waals surface area (Å²) >= 11 is 0. The zero-order valence-electron chi connectivity index (χ0n) is 13.8. The van der Waals surface area contributed by atoms with E-state index in [1.165, 1.54) is 25.9 Å². The Balaban J connectivity index is 1.52. The number of phenols is 1. The van der Waals surface area contributed by atoms with Crippen molar-refractivity contribution in [3.63, 3.8) is 0 Å². The number of hydrogen-bond acceptors (Lipinski definition) is 3. The number of aromatic nitrogens is 1. The maximum Gasteiger partial charge on any atom is 0.254 e. The van der Waals surface area contributed by atoms with Gasteiger partial charge in [0.1, 0.15) is 5.75 Å². The number of benzene rings is 1. The predicted molar refractivity (Wildman–Crippen MR) is 92.3 cm³/mol. The average Bonchev–Trinajstić information content (AvgIpc) is 3.15. The Morgan fingerprint density at radius 2 is 2.04 bits per heavy atom. The summed E-state index contributed by atoms with van der Waals surface area (Å²) in [6.45, 7) is 4.30. The lowest BCUT2D eigenvalue weighted by molar-refractivity contribution is 0.0621. The molecule has 126 valence electrons. The van der Waals surface area contributed by atoms with Gasteiger partial charge in [-0.2, -0.15) is 0 Å². The zero-order valence-corrected chi connectivity index (χ0v) is 13.8. The summed E-state index contributed by atoms with van der Waals surface area (Å²) in [5.74, 6) is 0.887. The molecule has 1 aromatic heterocycles. The highest BCUT2D eigenvalue weighted by Crippen LogP contribution is 2.34. The summed E-state index contributed by atoms with van der Waals surface area (Å²) in [7, 11) is 0. The van der Waals surface area contributed by atoms with Gasteiger partial charge in [-0.1, -0.05) is 0 Å². The van der Waals surface area contributed by atoms with Crippen LogP contribution < -0.4 is 5.32 Å². The Labute approximate surface area is 141 Å². The molecule has 3 saturated heterocycles. The van der Waals surface area contributed by atoms with Crippen molar-refractivity contribution in [3.05, 3.63) is 29.5 Å². The molecule has 0 saturated carbocycles. The molecule has 0 aliphatic carbocycles. The molecule has 6 rings (SSSR count). The Morgan fingerprint density at radius 3 is 2.79 bits per heavy atom. The number of nitrogens with zero attached hydrogens (tertiary/aromatic N) is 2. The van der Waals surface area contributed by atoms with E-state index in [0.29, 0.717) is 5.92 Å². The molecule has 0 unspecified atom stereocenters. The first kappa shape index (κ1) is 14.3. The van der Waals surface area contributed by atoms with Crippen LogP contribution in [0.1, 0.15) is 35.3 Å². The molecule has 0 radical (unpaired) electrons. The second kappa shape index (κ2) is 5.24. The first-order valence-electron chi connectivity index (χ1n) is 9.08. The van der Waals surface area contributed by atoms with Gasteiger partial charge in [-0.25, -0.2) is 0 Å². The van der Waals surface area contributed by atoms with E-state index in [1.54, 1.807) is 12.1 Å². The molecule has 4 aliphatic heterocycles. The second-order valence-electron chi connectivity index (χ2n) is 7.50. The quantitative estimate of drug-likeness (QED) is 0.889. The molecule has 5 nitrogen and oxygen atoms in total. The smallest absolute Gasteiger partial charge is 0.254 e. The molecule has 5 heteroatoms. The number of rotatable bonds is 2. The Morgan fingerprint density at radius 1 is 1.21 bits per heavy atom. The van der Waals surface area contributed by atoms with Crippen LogP contribution in [-0.2, 0) is 13.0 Å². The van der Waals surface area contributed by atoms with Gasteiger partial charge in [0.25, 0.3) is 5.91 Å². The lowest BCUT2D eigenvalue weighted by atomic mass is 9.84. The molecule has 3 fully saturated rings. The highest BCUT2D eigenvalue weighted by atomic mass is 16.3. The van der Waals surface area contributed by atoms with Crippen molar-refractivity contribution in [2.45, 2.75) is 38.3 Å². The Kier molecular flexibility index (Phi) is 3.13. The SMILES string of the molecule is O=C(N[C@@H]1CN2CCC1CC2)c1c2n(c3ccc(O)cc13)CCC2. The standard InChI is InChI=1S/C19H23N3O2/c23-13-3-4-16-14(10-13)18(17-2-1-7-22(16)17)19(24)20-15-11-21-8-5-12(15)6-9-21/h3-4,10,12,15,23H,1-2,5-9,11H2,(H,20,24)/t15-/m1/s1. The van der Waals surface area contributed by atoms with Gasteiger partial charge in [0.15, 0.2) is 0 Å². The van der Waals surface area contributed by atoms with Crippen molar-refractivity contribution >= 4 is 16.8 Å². The minimum absolute atomic E-state index is 0.0417. The maximum atomic E-state index is 13.1. The molecule has 1 aromatic carbocycles. The zero-order chi connectivity index (χ0) is 16.3. The topological polar surface area (TPSA) is 57.5 Å². The van der Waals surface area contributed by atoms with Gasteiger partial charge in [-0.05, 0) is 62.9 Å². The van der Waals surface area contributed by atoms with Gasteiger partial charge < -0.3 is 19.9 Å². The number of carbonyl (C=O) groups is 1. The van der Waals surface area contributed by atoms with Crippen LogP contribution >= 0.6 is 0 Å². The van der Waals surface area contributed by atoms with Gasteiger partial charge in [-0.3, -0.25) is 4.79 Å². The fraction of sp³-hybridized carbons (Fsp3) is 0.526. The van der Waals surface area contributed by atoms with Crippen molar-refractivity contribution < 1.29 is 9.90 Å². The lowest BCUT2D eigenvalue weighted by Gasteiger charge is -2.44. The van der Waals surface area contributed by atoms with Gasteiger partial charge in [-0.15, -0.1) is 0 Å². The molecule has 5 heterocycles. The fourth-order valence-electron chi connectivity index (χ4n) is 4.94. The number of aromatic hydroxyl groups is 1. The van der Waals surface area contributed by atoms with E-state index in [-0.39, 0.29) is 17.7 Å². The van der Waals surface area contributed by atoms with E-state index in [4.69, 9.17) is 0 Å². The fourth-order valence-corrected chi connectivity index (χ4v) is 4.94. The van der Waals surface area contributed by atoms with Crippen molar-refractivity contribution in [1.29, 1.82) is 0 Å². The first-order chi connectivity index (χ1) is 11.7. The number of nitrogens with one attached hydrogen (secondary N) is 1. The largest absolute Gasteiger partial charge is 0.508 e. The molecule has 1 atom stereocenters. The molecule has 4 aliphatic rings. The Hall–Kier alpha value is -2.01. The van der Waals surface area contributed by atoms with Gasteiger partial charge in [0.2, 0.25) is 0 Å². The first-order valence-corrected chi connectivity index (χ1v) is 9.08. The molecular formula is C19H23N3O2. The van der Waals surface area contributed by atoms with E-state index in [2.05, 4.69) is 14.8 Å². The highest BCUT2D eigenvalue weighted by Gasteiger charge is 2.36. The van der Waals surface area contributed by atoms with E-state index in [1.807, 2.05) is 6.07 Å². The minimum Gasteiger partial charge on any atom is -0.508 e. The molecule has 24 heavy (non-hydrogen) atoms. The molecule has 2 aromatic rings. The van der Waals surface area contributed by atoms with Crippen molar-refractivity contribution in [1.82, 2.24) is 14.8 Å². The maximum absolute atomic E-state index is 13.1. The van der Waals surface area contributed by atoms with Crippen LogP contribution in [0.2, 0.25) is 0 Å². The number of fused-ring (bicyclic) bond motifs is 6. The number of piperidine rings is 3. The monoisotopic (exact) mass is 325 g/mol. The summed E-state index contributed by atoms with van der Waals surface area (Å²) in [6.07, 6.45) is 4.42. The summed E-state index contributed by atoms with van der Waals surface area (Å²) < 4.78 is 2.25. The third kappa shape index (κ3) is 2.07. The van der Waals surface area contributed by atoms with E-state index in [9.17, 15) is 9.90 Å². The van der Waals surface area contributed by atoms with Crippen LogP contribution in [0.5, 0.6) is 5.75 Å². The lowest BCUT2D eigenvalue weighted by Crippen LogP contribution is -2.57. The van der Waals surface area contributed by atoms with Gasteiger partial charge in [0.05, 0.1) is 5.56 Å². The van der Waals surface area contributed by atoms with E-state index >= 15 is 0 Å². The average molecular weight is 325 g/mol. The Bertz CT molecular complexity index is 818. The van der Waals surface area contributed by atoms with Crippen LogP contribution in [0.15, 0.2) is 18.2 Å². The van der Waals surface area contributed by atoms with Gasteiger partial charge >= 0.3 is 0 Å². The summed E-state index contributed by atoms with van der Waals surface area (Å²) in [4.78, 5) is 15.6. The van der Waals surface area contributed by atoms with Crippen LogP contribution in [-0.4, -0.2) is 46.2 Å². The predicted octanol–water partition coefficient (Wildman–Crippen LogP) is 2.12. The normalized spacial score (nSPS) is 28.2. The molecule has 2 bridgehead atoms. The van der Waals surface area contributed by atoms with E-state index in [0.717, 1.165) is 48.1 Å². The second-order valence-corrected chi connectivity index (χ2v) is 7.50. The number of amides is 1. The number of hydrogen-bond donors (Lipinski definition) is 2. The third-order valence-corrected chi connectivity index (χ3v) is 6.15. The third-order valence-electron chi connectivity index (χ3n) is 6.15. The van der Waals surface area contributed by atoms with Crippen molar-refractivity contribution in [2.24, 2.45) is 5.92 Å². The summed E-state index contributed by atoms with van der Waals surface area (Å²) in [6, 6.07) is 5.66. The highest BCUT2D eigenvalue weighted by molar-refractivity contribution is 6.09. The molecule has 0 spiro atoms. The van der Waals surface area contributed by atoms with Crippen LogP contribution in [0, 0.1) is 5.92 Å². The molecule has 2 N–H and O–H groups in total. The van der Waals surface area contributed by atoms with Gasteiger partial charge in [0, 0.05) is 35.7 Å². The van der Waals surface area contributed by atoms with Crippen molar-refractivity contribution in [3.8, 4) is 5.75 Å².